The highest BCUT2D eigenvalue weighted by atomic mass is 14.7. The molecule has 184 valence electrons. The first-order chi connectivity index (χ1) is 17.9. The Morgan fingerprint density at radius 2 is 1.00 bits per heavy atom. The zero-order valence-corrected chi connectivity index (χ0v) is 21.0. The van der Waals surface area contributed by atoms with E-state index in [1.165, 1.54) is 63.8 Å². The van der Waals surface area contributed by atoms with Crippen LogP contribution in [0.5, 0.6) is 0 Å². The van der Waals surface area contributed by atoms with Crippen molar-refractivity contribution in [2.24, 2.45) is 11.8 Å². The van der Waals surface area contributed by atoms with Crippen molar-refractivity contribution in [3.8, 4) is 0 Å². The van der Waals surface area contributed by atoms with E-state index in [9.17, 15) is 0 Å². The quantitative estimate of drug-likeness (QED) is 0.196. The van der Waals surface area contributed by atoms with Crippen LogP contribution in [0.3, 0.4) is 0 Å². The molecule has 2 saturated carbocycles. The summed E-state index contributed by atoms with van der Waals surface area (Å²) in [6.07, 6.45) is 16.5. The van der Waals surface area contributed by atoms with Gasteiger partial charge in [0.2, 0.25) is 0 Å². The largest absolute Gasteiger partial charge is 0.368 e. The van der Waals surface area contributed by atoms with E-state index >= 15 is 0 Å². The Morgan fingerprint density at radius 3 is 1.56 bits per heavy atom. The summed E-state index contributed by atoms with van der Waals surface area (Å²) in [6, 6.07) is 30.9. The minimum Gasteiger partial charge on any atom is -0.368 e. The summed E-state index contributed by atoms with van der Waals surface area (Å²) in [7, 11) is 0. The number of fused-ring (bicyclic) bond motifs is 5. The van der Waals surface area contributed by atoms with Crippen LogP contribution in [0.25, 0.3) is 32.7 Å². The first-order valence-corrected chi connectivity index (χ1v) is 13.4. The lowest BCUT2D eigenvalue weighted by atomic mass is 9.82. The molecule has 2 fully saturated rings. The van der Waals surface area contributed by atoms with Crippen LogP contribution in [0.2, 0.25) is 0 Å². The predicted octanol–water partition coefficient (Wildman–Crippen LogP) is 9.48. The normalized spacial score (nSPS) is 18.3. The van der Waals surface area contributed by atoms with Gasteiger partial charge in [-0.3, -0.25) is 0 Å². The van der Waals surface area contributed by atoms with Gasteiger partial charge in [-0.25, -0.2) is 0 Å². The Bertz CT molecular complexity index is 1330. The van der Waals surface area contributed by atoms with E-state index in [0.29, 0.717) is 0 Å². The van der Waals surface area contributed by atoms with Crippen LogP contribution in [0.4, 0.5) is 0 Å². The smallest absolute Gasteiger partial charge is 0.0464 e. The van der Waals surface area contributed by atoms with E-state index in [4.69, 9.17) is 0 Å². The molecule has 8 rings (SSSR count). The minimum atomic E-state index is 1.17. The summed E-state index contributed by atoms with van der Waals surface area (Å²) < 4.78 is 0. The van der Waals surface area contributed by atoms with Gasteiger partial charge in [-0.2, -0.15) is 0 Å². The van der Waals surface area contributed by atoms with E-state index in [0.717, 1.165) is 0 Å². The van der Waals surface area contributed by atoms with Gasteiger partial charge in [0.25, 0.3) is 0 Å². The number of nitrogens with one attached hydrogen (secondary N) is 3. The first-order valence-electron chi connectivity index (χ1n) is 13.4. The molecule has 0 bridgehead atoms. The van der Waals surface area contributed by atoms with Gasteiger partial charge >= 0.3 is 0 Å². The Labute approximate surface area is 214 Å². The van der Waals surface area contributed by atoms with Crippen molar-refractivity contribution < 1.29 is 0 Å². The molecule has 3 nitrogen and oxygen atoms in total. The molecule has 2 aliphatic carbocycles. The molecular formula is C33H37N3. The molecule has 3 aromatic heterocycles. The Morgan fingerprint density at radius 1 is 0.472 bits per heavy atom. The van der Waals surface area contributed by atoms with Crippen LogP contribution in [-0.4, -0.2) is 15.0 Å². The summed E-state index contributed by atoms with van der Waals surface area (Å²) in [6.45, 7) is 0. The molecular weight excluding hydrogens is 438 g/mol. The molecule has 3 aromatic carbocycles. The number of benzene rings is 3. The summed E-state index contributed by atoms with van der Waals surface area (Å²) in [5, 5.41) is 3.88. The molecule has 0 radical (unpaired) electrons. The number of hydrogen-bond acceptors (Lipinski definition) is 0. The SMILES string of the molecule is C1CCC2CCCC2C1.c1cc[nH]c1.c1ccc2[nH]ccc2c1.c1ccc2c(c1)[nH]c1ccccc12. The lowest BCUT2D eigenvalue weighted by molar-refractivity contribution is 0.277. The second-order valence-corrected chi connectivity index (χ2v) is 9.90. The fourth-order valence-electron chi connectivity index (χ4n) is 5.76. The zero-order valence-electron chi connectivity index (χ0n) is 21.0. The lowest BCUT2D eigenvalue weighted by Gasteiger charge is -2.24. The van der Waals surface area contributed by atoms with Gasteiger partial charge in [0, 0.05) is 45.9 Å². The summed E-state index contributed by atoms with van der Waals surface area (Å²) in [5.41, 5.74) is 3.63. The fourth-order valence-corrected chi connectivity index (χ4v) is 5.76. The molecule has 3 heterocycles. The Hall–Kier alpha value is -3.72. The maximum Gasteiger partial charge on any atom is 0.0464 e. The van der Waals surface area contributed by atoms with Gasteiger partial charge in [-0.15, -0.1) is 0 Å². The van der Waals surface area contributed by atoms with E-state index < -0.39 is 0 Å². The van der Waals surface area contributed by atoms with Crippen LogP contribution in [0, 0.1) is 11.8 Å². The van der Waals surface area contributed by atoms with Crippen LogP contribution < -0.4 is 0 Å². The highest BCUT2D eigenvalue weighted by Gasteiger charge is 2.28. The van der Waals surface area contributed by atoms with E-state index in [1.54, 1.807) is 25.7 Å². The van der Waals surface area contributed by atoms with Crippen molar-refractivity contribution in [1.29, 1.82) is 0 Å². The average molecular weight is 476 g/mol. The molecule has 0 aliphatic heterocycles. The number of aromatic nitrogens is 3. The number of hydrogen-bond donors (Lipinski definition) is 3. The third-order valence-electron chi connectivity index (χ3n) is 7.59. The Balaban J connectivity index is 0.000000104. The molecule has 2 aliphatic rings. The van der Waals surface area contributed by atoms with Gasteiger partial charge in [0.05, 0.1) is 0 Å². The van der Waals surface area contributed by atoms with Crippen molar-refractivity contribution in [3.05, 3.63) is 110 Å². The second-order valence-electron chi connectivity index (χ2n) is 9.90. The summed E-state index contributed by atoms with van der Waals surface area (Å²) in [4.78, 5) is 9.36. The predicted molar refractivity (Wildman–Crippen MR) is 154 cm³/mol. The van der Waals surface area contributed by atoms with Gasteiger partial charge in [-0.1, -0.05) is 99.5 Å². The van der Waals surface area contributed by atoms with Crippen molar-refractivity contribution in [1.82, 2.24) is 15.0 Å². The van der Waals surface area contributed by atoms with Gasteiger partial charge in [-0.05, 0) is 53.6 Å². The molecule has 3 heteroatoms. The topological polar surface area (TPSA) is 47.4 Å². The zero-order chi connectivity index (χ0) is 24.4. The number of H-pyrrole nitrogens is 3. The van der Waals surface area contributed by atoms with E-state index in [2.05, 4.69) is 81.7 Å². The summed E-state index contributed by atoms with van der Waals surface area (Å²) >= 11 is 0. The van der Waals surface area contributed by atoms with Gasteiger partial charge < -0.3 is 15.0 Å². The van der Waals surface area contributed by atoms with Crippen molar-refractivity contribution >= 4 is 32.7 Å². The average Bonchev–Trinajstić information content (AvgIpc) is 3.76. The van der Waals surface area contributed by atoms with Crippen molar-refractivity contribution in [3.63, 3.8) is 0 Å². The highest BCUT2D eigenvalue weighted by Crippen LogP contribution is 2.41. The number of rotatable bonds is 0. The maximum absolute atomic E-state index is 3.38. The molecule has 36 heavy (non-hydrogen) atoms. The van der Waals surface area contributed by atoms with Crippen LogP contribution in [0.15, 0.2) is 110 Å². The second kappa shape index (κ2) is 12.3. The van der Waals surface area contributed by atoms with Gasteiger partial charge in [0.1, 0.15) is 0 Å². The highest BCUT2D eigenvalue weighted by molar-refractivity contribution is 6.06. The third kappa shape index (κ3) is 6.09. The van der Waals surface area contributed by atoms with Crippen LogP contribution >= 0.6 is 0 Å². The molecule has 0 amide bonds. The van der Waals surface area contributed by atoms with Crippen molar-refractivity contribution in [2.45, 2.75) is 44.9 Å². The van der Waals surface area contributed by atoms with E-state index in [1.807, 2.05) is 42.9 Å². The first kappa shape index (κ1) is 24.0. The standard InChI is InChI=1S/C12H9N.C9H16.C8H7N.C4H5N/c1-3-7-11-9(5-1)10-6-2-4-8-12(10)13-11;1-2-5-9-7-3-6-8(9)4-1;1-2-4-8-7(3-1)5-6-9-8;1-2-4-5-3-1/h1-8,13H;8-9H,1-7H2;1-6,9H;1-5H. The van der Waals surface area contributed by atoms with Crippen LogP contribution in [0.1, 0.15) is 44.9 Å². The number of para-hydroxylation sites is 3. The number of aromatic amines is 3. The third-order valence-corrected chi connectivity index (χ3v) is 7.59. The molecule has 2 unspecified atom stereocenters. The van der Waals surface area contributed by atoms with E-state index in [-0.39, 0.29) is 0 Å². The molecule has 0 spiro atoms. The minimum absolute atomic E-state index is 1.17. The fraction of sp³-hybridized carbons (Fsp3) is 0.273. The Kier molecular flexibility index (Phi) is 8.20. The summed E-state index contributed by atoms with van der Waals surface area (Å²) in [5.74, 6) is 2.33. The van der Waals surface area contributed by atoms with Crippen LogP contribution in [-0.2, 0) is 0 Å². The molecule has 3 N–H and O–H groups in total. The monoisotopic (exact) mass is 475 g/mol. The molecule has 2 atom stereocenters. The van der Waals surface area contributed by atoms with Gasteiger partial charge in [0.15, 0.2) is 0 Å². The lowest BCUT2D eigenvalue weighted by Crippen LogP contribution is -2.12. The maximum atomic E-state index is 3.38. The molecule has 6 aromatic rings. The molecule has 0 saturated heterocycles. The van der Waals surface area contributed by atoms with Crippen molar-refractivity contribution in [2.75, 3.05) is 0 Å².